The number of nitrogens with zero attached hydrogens (tertiary/aromatic N) is 3. The molecular formula is C20H34IN5O3. The number of amides is 2. The average molecular weight is 519 g/mol. The number of hydrogen-bond donors (Lipinski definition) is 2. The van der Waals surface area contributed by atoms with E-state index in [1.807, 2.05) is 27.8 Å². The van der Waals surface area contributed by atoms with Crippen molar-refractivity contribution in [1.29, 1.82) is 0 Å². The molecule has 0 fully saturated rings. The first-order valence-electron chi connectivity index (χ1n) is 9.66. The number of ether oxygens (including phenoxy) is 1. The first-order chi connectivity index (χ1) is 13.5. The molecule has 0 spiro atoms. The van der Waals surface area contributed by atoms with Crippen LogP contribution in [-0.4, -0.2) is 81.0 Å². The van der Waals surface area contributed by atoms with Crippen molar-refractivity contribution in [3.05, 3.63) is 29.8 Å². The minimum atomic E-state index is -0.159. The van der Waals surface area contributed by atoms with E-state index in [-0.39, 0.29) is 42.3 Å². The van der Waals surface area contributed by atoms with E-state index in [0.717, 1.165) is 0 Å². The standard InChI is InChI=1S/C20H33N5O3.HI/c1-6-21-20(24(4)15-18(26)25(7-2)8-3)23-14-13-22-19(27)16-9-11-17(28-5)12-10-16;/h9-12H,6-8,13-15H2,1-5H3,(H,21,23)(H,22,27);1H. The Labute approximate surface area is 191 Å². The Morgan fingerprint density at radius 1 is 1.07 bits per heavy atom. The third kappa shape index (κ3) is 9.33. The average Bonchev–Trinajstić information content (AvgIpc) is 2.71. The van der Waals surface area contributed by atoms with E-state index in [2.05, 4.69) is 15.6 Å². The van der Waals surface area contributed by atoms with Gasteiger partial charge in [-0.1, -0.05) is 0 Å². The number of guanidine groups is 1. The van der Waals surface area contributed by atoms with Crippen molar-refractivity contribution >= 4 is 41.8 Å². The van der Waals surface area contributed by atoms with Gasteiger partial charge < -0.3 is 25.2 Å². The topological polar surface area (TPSA) is 86.3 Å². The summed E-state index contributed by atoms with van der Waals surface area (Å²) >= 11 is 0. The zero-order chi connectivity index (χ0) is 20.9. The quantitative estimate of drug-likeness (QED) is 0.213. The summed E-state index contributed by atoms with van der Waals surface area (Å²) in [5.41, 5.74) is 0.568. The largest absolute Gasteiger partial charge is 0.497 e. The summed E-state index contributed by atoms with van der Waals surface area (Å²) < 4.78 is 5.09. The first kappa shape index (κ1) is 27.0. The van der Waals surface area contributed by atoms with Crippen LogP contribution in [0.5, 0.6) is 5.75 Å². The molecule has 0 heterocycles. The Morgan fingerprint density at radius 3 is 2.21 bits per heavy atom. The molecule has 0 bridgehead atoms. The van der Waals surface area contributed by atoms with Gasteiger partial charge in [0, 0.05) is 38.8 Å². The third-order valence-electron chi connectivity index (χ3n) is 4.20. The molecule has 0 saturated carbocycles. The van der Waals surface area contributed by atoms with E-state index in [9.17, 15) is 9.59 Å². The Hall–Kier alpha value is -2.04. The van der Waals surface area contributed by atoms with Crippen molar-refractivity contribution in [2.45, 2.75) is 20.8 Å². The van der Waals surface area contributed by atoms with Crippen molar-refractivity contribution in [2.75, 3.05) is 53.4 Å². The van der Waals surface area contributed by atoms with Crippen molar-refractivity contribution in [3.63, 3.8) is 0 Å². The summed E-state index contributed by atoms with van der Waals surface area (Å²) in [5.74, 6) is 1.25. The minimum Gasteiger partial charge on any atom is -0.497 e. The predicted molar refractivity (Wildman–Crippen MR) is 127 cm³/mol. The van der Waals surface area contributed by atoms with Gasteiger partial charge in [-0.15, -0.1) is 24.0 Å². The molecule has 164 valence electrons. The number of carbonyl (C=O) groups is 2. The summed E-state index contributed by atoms with van der Waals surface area (Å²) in [6.07, 6.45) is 0. The number of rotatable bonds is 10. The van der Waals surface area contributed by atoms with E-state index in [1.165, 1.54) is 0 Å². The number of halogens is 1. The summed E-state index contributed by atoms with van der Waals surface area (Å²) in [6.45, 7) is 9.04. The van der Waals surface area contributed by atoms with Crippen LogP contribution in [0, 0.1) is 0 Å². The van der Waals surface area contributed by atoms with Gasteiger partial charge in [0.1, 0.15) is 5.75 Å². The molecule has 0 atom stereocenters. The highest BCUT2D eigenvalue weighted by molar-refractivity contribution is 14.0. The molecule has 2 amide bonds. The van der Waals surface area contributed by atoms with Gasteiger partial charge in [0.25, 0.3) is 5.91 Å². The highest BCUT2D eigenvalue weighted by Crippen LogP contribution is 2.10. The Balaban J connectivity index is 0.00000784. The second-order valence-corrected chi connectivity index (χ2v) is 6.14. The van der Waals surface area contributed by atoms with Crippen LogP contribution in [0.4, 0.5) is 0 Å². The monoisotopic (exact) mass is 519 g/mol. The summed E-state index contributed by atoms with van der Waals surface area (Å²) in [7, 11) is 3.42. The van der Waals surface area contributed by atoms with Crippen LogP contribution in [0.25, 0.3) is 0 Å². The number of nitrogens with one attached hydrogen (secondary N) is 2. The molecule has 0 radical (unpaired) electrons. The summed E-state index contributed by atoms with van der Waals surface area (Å²) in [5, 5.41) is 6.02. The van der Waals surface area contributed by atoms with Gasteiger partial charge in [0.05, 0.1) is 20.2 Å². The number of hydrogen-bond acceptors (Lipinski definition) is 4. The van der Waals surface area contributed by atoms with Crippen LogP contribution in [0.3, 0.4) is 0 Å². The van der Waals surface area contributed by atoms with Crippen LogP contribution in [0.2, 0.25) is 0 Å². The normalized spacial score (nSPS) is 10.6. The second-order valence-electron chi connectivity index (χ2n) is 6.14. The fourth-order valence-electron chi connectivity index (χ4n) is 2.60. The molecule has 2 N–H and O–H groups in total. The lowest BCUT2D eigenvalue weighted by atomic mass is 10.2. The van der Waals surface area contributed by atoms with E-state index in [4.69, 9.17) is 4.74 Å². The number of likely N-dealkylation sites (N-methyl/N-ethyl adjacent to an activating group) is 2. The second kappa shape index (κ2) is 14.9. The molecule has 1 aromatic rings. The van der Waals surface area contributed by atoms with E-state index in [0.29, 0.717) is 50.0 Å². The lowest BCUT2D eigenvalue weighted by molar-refractivity contribution is -0.131. The van der Waals surface area contributed by atoms with Crippen molar-refractivity contribution in [1.82, 2.24) is 20.4 Å². The molecule has 1 rings (SSSR count). The Morgan fingerprint density at radius 2 is 1.69 bits per heavy atom. The van der Waals surface area contributed by atoms with Crippen LogP contribution in [0.15, 0.2) is 29.3 Å². The molecule has 0 aromatic heterocycles. The highest BCUT2D eigenvalue weighted by Gasteiger charge is 2.15. The zero-order valence-corrected chi connectivity index (χ0v) is 20.4. The SMILES string of the molecule is CCNC(=NCCNC(=O)c1ccc(OC)cc1)N(C)CC(=O)N(CC)CC.I. The molecule has 0 unspecified atom stereocenters. The first-order valence-corrected chi connectivity index (χ1v) is 9.66. The van der Waals surface area contributed by atoms with Crippen LogP contribution in [-0.2, 0) is 4.79 Å². The van der Waals surface area contributed by atoms with Crippen LogP contribution in [0.1, 0.15) is 31.1 Å². The van der Waals surface area contributed by atoms with Gasteiger partial charge in [-0.3, -0.25) is 14.6 Å². The van der Waals surface area contributed by atoms with Gasteiger partial charge in [-0.2, -0.15) is 0 Å². The van der Waals surface area contributed by atoms with Crippen LogP contribution < -0.4 is 15.4 Å². The third-order valence-corrected chi connectivity index (χ3v) is 4.20. The van der Waals surface area contributed by atoms with Crippen molar-refractivity contribution < 1.29 is 14.3 Å². The highest BCUT2D eigenvalue weighted by atomic mass is 127. The van der Waals surface area contributed by atoms with E-state index in [1.54, 1.807) is 41.2 Å². The number of methoxy groups -OCH3 is 1. The zero-order valence-electron chi connectivity index (χ0n) is 18.0. The van der Waals surface area contributed by atoms with Crippen molar-refractivity contribution in [3.8, 4) is 5.75 Å². The van der Waals surface area contributed by atoms with Crippen molar-refractivity contribution in [2.24, 2.45) is 4.99 Å². The smallest absolute Gasteiger partial charge is 0.251 e. The van der Waals surface area contributed by atoms with E-state index < -0.39 is 0 Å². The fourth-order valence-corrected chi connectivity index (χ4v) is 2.60. The maximum Gasteiger partial charge on any atom is 0.251 e. The number of carbonyl (C=O) groups excluding carboxylic acids is 2. The molecular weight excluding hydrogens is 485 g/mol. The van der Waals surface area contributed by atoms with E-state index >= 15 is 0 Å². The molecule has 0 aliphatic heterocycles. The van der Waals surface area contributed by atoms with Gasteiger partial charge in [0.2, 0.25) is 5.91 Å². The molecule has 0 saturated heterocycles. The molecule has 1 aromatic carbocycles. The maximum atomic E-state index is 12.3. The maximum absolute atomic E-state index is 12.3. The minimum absolute atomic E-state index is 0. The molecule has 29 heavy (non-hydrogen) atoms. The summed E-state index contributed by atoms with van der Waals surface area (Å²) in [4.78, 5) is 32.5. The number of aliphatic imine (C=N–C) groups is 1. The van der Waals surface area contributed by atoms with Gasteiger partial charge in [-0.25, -0.2) is 0 Å². The molecule has 8 nitrogen and oxygen atoms in total. The fraction of sp³-hybridized carbons (Fsp3) is 0.550. The molecule has 9 heteroatoms. The molecule has 0 aliphatic carbocycles. The van der Waals surface area contributed by atoms with Gasteiger partial charge in [0.15, 0.2) is 5.96 Å². The lowest BCUT2D eigenvalue weighted by Crippen LogP contribution is -2.46. The number of benzene rings is 1. The summed E-state index contributed by atoms with van der Waals surface area (Å²) in [6, 6.07) is 6.93. The van der Waals surface area contributed by atoms with Crippen LogP contribution >= 0.6 is 24.0 Å². The Bertz CT molecular complexity index is 648. The lowest BCUT2D eigenvalue weighted by Gasteiger charge is -2.25. The predicted octanol–water partition coefficient (Wildman–Crippen LogP) is 1.81. The Kier molecular flexibility index (Phi) is 13.8. The molecule has 0 aliphatic rings. The van der Waals surface area contributed by atoms with Gasteiger partial charge in [-0.05, 0) is 45.0 Å². The van der Waals surface area contributed by atoms with Gasteiger partial charge >= 0.3 is 0 Å².